The standard InChI is InChI=1S/C26H32N4O2/c1-2-7-25-24(6-1)26(28-32-25)30-13-12-29-16-20(8-11-22(29)17-30)18-31-23-5-3-4-19(14-23)15-27-21-9-10-21/h1-7,14,20-22,27H,8-13,15-18H2/t20?,22-/m0/s1. The summed E-state index contributed by atoms with van der Waals surface area (Å²) < 4.78 is 11.8. The molecule has 1 unspecified atom stereocenters. The third kappa shape index (κ3) is 4.34. The second-order valence-corrected chi connectivity index (χ2v) is 9.65. The van der Waals surface area contributed by atoms with Gasteiger partial charge in [0.15, 0.2) is 11.4 Å². The van der Waals surface area contributed by atoms with Crippen molar-refractivity contribution in [1.29, 1.82) is 0 Å². The molecular weight excluding hydrogens is 400 g/mol. The summed E-state index contributed by atoms with van der Waals surface area (Å²) in [6.07, 6.45) is 5.08. The number of piperazine rings is 1. The molecule has 0 radical (unpaired) electrons. The fourth-order valence-corrected chi connectivity index (χ4v) is 5.20. The fourth-order valence-electron chi connectivity index (χ4n) is 5.20. The summed E-state index contributed by atoms with van der Waals surface area (Å²) in [5, 5.41) is 9.08. The van der Waals surface area contributed by atoms with Crippen LogP contribution in [0.2, 0.25) is 0 Å². The predicted octanol–water partition coefficient (Wildman–Crippen LogP) is 4.06. The molecule has 2 saturated heterocycles. The molecule has 6 heteroatoms. The first-order chi connectivity index (χ1) is 15.8. The zero-order valence-electron chi connectivity index (χ0n) is 18.6. The SMILES string of the molecule is c1cc(CNC2CC2)cc(OCC2CC[C@H]3CN(c4noc5ccccc45)CCN3C2)c1. The van der Waals surface area contributed by atoms with Crippen LogP contribution in [0.4, 0.5) is 5.82 Å². The Labute approximate surface area is 189 Å². The number of nitrogens with one attached hydrogen (secondary N) is 1. The summed E-state index contributed by atoms with van der Waals surface area (Å²) in [5.41, 5.74) is 2.19. The third-order valence-electron chi connectivity index (χ3n) is 7.22. The van der Waals surface area contributed by atoms with Gasteiger partial charge >= 0.3 is 0 Å². The van der Waals surface area contributed by atoms with Crippen LogP contribution in [0.25, 0.3) is 11.0 Å². The Morgan fingerprint density at radius 3 is 2.88 bits per heavy atom. The molecule has 2 aromatic carbocycles. The van der Waals surface area contributed by atoms with Crippen LogP contribution in [-0.2, 0) is 6.54 Å². The Bertz CT molecular complexity index is 1060. The van der Waals surface area contributed by atoms with Crippen LogP contribution in [-0.4, -0.2) is 54.9 Å². The third-order valence-corrected chi connectivity index (χ3v) is 7.22. The molecule has 3 aliphatic rings. The first kappa shape index (κ1) is 20.1. The van der Waals surface area contributed by atoms with E-state index in [2.05, 4.69) is 56.7 Å². The molecule has 3 aromatic rings. The van der Waals surface area contributed by atoms with Crippen molar-refractivity contribution in [1.82, 2.24) is 15.4 Å². The quantitative estimate of drug-likeness (QED) is 0.608. The molecule has 168 valence electrons. The number of ether oxygens (including phenoxy) is 1. The maximum absolute atomic E-state index is 6.23. The Hall–Kier alpha value is -2.57. The molecular formula is C26H32N4O2. The Balaban J connectivity index is 1.02. The monoisotopic (exact) mass is 432 g/mol. The summed E-state index contributed by atoms with van der Waals surface area (Å²) in [4.78, 5) is 5.07. The normalized spacial score (nSPS) is 23.9. The van der Waals surface area contributed by atoms with Crippen LogP contribution in [0.5, 0.6) is 5.75 Å². The van der Waals surface area contributed by atoms with Gasteiger partial charge in [-0.2, -0.15) is 0 Å². The van der Waals surface area contributed by atoms with Crippen LogP contribution >= 0.6 is 0 Å². The van der Waals surface area contributed by atoms with Gasteiger partial charge in [0.25, 0.3) is 0 Å². The van der Waals surface area contributed by atoms with Crippen LogP contribution < -0.4 is 15.0 Å². The van der Waals surface area contributed by atoms with Gasteiger partial charge in [0.1, 0.15) is 5.75 Å². The van der Waals surface area contributed by atoms with Gasteiger partial charge in [-0.3, -0.25) is 4.90 Å². The van der Waals surface area contributed by atoms with E-state index >= 15 is 0 Å². The molecule has 1 saturated carbocycles. The second kappa shape index (κ2) is 8.75. The van der Waals surface area contributed by atoms with Crippen molar-refractivity contribution in [2.75, 3.05) is 37.7 Å². The summed E-state index contributed by atoms with van der Waals surface area (Å²) in [6, 6.07) is 18.1. The molecule has 1 aromatic heterocycles. The highest BCUT2D eigenvalue weighted by Crippen LogP contribution is 2.31. The molecule has 6 rings (SSSR count). The van der Waals surface area contributed by atoms with Crippen LogP contribution in [0.3, 0.4) is 0 Å². The topological polar surface area (TPSA) is 53.8 Å². The summed E-state index contributed by atoms with van der Waals surface area (Å²) in [7, 11) is 0. The van der Waals surface area contributed by atoms with E-state index in [1.807, 2.05) is 12.1 Å². The molecule has 32 heavy (non-hydrogen) atoms. The summed E-state index contributed by atoms with van der Waals surface area (Å²) in [6.45, 7) is 5.97. The van der Waals surface area contributed by atoms with Gasteiger partial charge in [-0.05, 0) is 55.5 Å². The molecule has 3 fully saturated rings. The number of aromatic nitrogens is 1. The highest BCUT2D eigenvalue weighted by molar-refractivity contribution is 5.88. The highest BCUT2D eigenvalue weighted by Gasteiger charge is 2.34. The van der Waals surface area contributed by atoms with E-state index < -0.39 is 0 Å². The largest absolute Gasteiger partial charge is 0.493 e. The van der Waals surface area contributed by atoms with E-state index in [9.17, 15) is 0 Å². The van der Waals surface area contributed by atoms with Crippen LogP contribution in [0.1, 0.15) is 31.2 Å². The molecule has 3 heterocycles. The Morgan fingerprint density at radius 1 is 1.00 bits per heavy atom. The lowest BCUT2D eigenvalue weighted by molar-refractivity contribution is 0.0726. The van der Waals surface area contributed by atoms with Crippen LogP contribution in [0, 0.1) is 5.92 Å². The molecule has 2 aliphatic heterocycles. The molecule has 6 nitrogen and oxygen atoms in total. The Morgan fingerprint density at radius 2 is 1.94 bits per heavy atom. The fraction of sp³-hybridized carbons (Fsp3) is 0.500. The van der Waals surface area contributed by atoms with Crippen molar-refractivity contribution in [3.8, 4) is 5.75 Å². The molecule has 1 N–H and O–H groups in total. The van der Waals surface area contributed by atoms with E-state index in [0.717, 1.165) is 67.9 Å². The lowest BCUT2D eigenvalue weighted by atomic mass is 9.91. The van der Waals surface area contributed by atoms with Gasteiger partial charge in [-0.25, -0.2) is 0 Å². The van der Waals surface area contributed by atoms with Gasteiger partial charge in [0, 0.05) is 50.7 Å². The number of hydrogen-bond acceptors (Lipinski definition) is 6. The minimum Gasteiger partial charge on any atom is -0.493 e. The lowest BCUT2D eigenvalue weighted by Gasteiger charge is -2.46. The number of nitrogens with zero attached hydrogens (tertiary/aromatic N) is 3. The van der Waals surface area contributed by atoms with Crippen molar-refractivity contribution in [2.45, 2.75) is 44.3 Å². The van der Waals surface area contributed by atoms with E-state index in [0.29, 0.717) is 12.0 Å². The van der Waals surface area contributed by atoms with Crippen molar-refractivity contribution in [3.05, 3.63) is 54.1 Å². The van der Waals surface area contributed by atoms with E-state index in [1.165, 1.54) is 31.2 Å². The number of fused-ring (bicyclic) bond motifs is 2. The maximum Gasteiger partial charge on any atom is 0.180 e. The van der Waals surface area contributed by atoms with E-state index in [4.69, 9.17) is 9.26 Å². The minimum atomic E-state index is 0.590. The number of benzene rings is 2. The summed E-state index contributed by atoms with van der Waals surface area (Å²) in [5.74, 6) is 2.60. The van der Waals surface area contributed by atoms with Gasteiger partial charge in [-0.15, -0.1) is 0 Å². The second-order valence-electron chi connectivity index (χ2n) is 9.65. The zero-order chi connectivity index (χ0) is 21.3. The van der Waals surface area contributed by atoms with Crippen molar-refractivity contribution in [2.24, 2.45) is 5.92 Å². The minimum absolute atomic E-state index is 0.590. The van der Waals surface area contributed by atoms with Crippen molar-refractivity contribution in [3.63, 3.8) is 0 Å². The highest BCUT2D eigenvalue weighted by atomic mass is 16.5. The molecule has 0 spiro atoms. The number of rotatable bonds is 7. The van der Waals surface area contributed by atoms with E-state index in [-0.39, 0.29) is 0 Å². The predicted molar refractivity (Wildman–Crippen MR) is 126 cm³/mol. The van der Waals surface area contributed by atoms with Crippen molar-refractivity contribution < 1.29 is 9.26 Å². The molecule has 0 amide bonds. The first-order valence-electron chi connectivity index (χ1n) is 12.1. The smallest absolute Gasteiger partial charge is 0.180 e. The number of anilines is 1. The lowest BCUT2D eigenvalue weighted by Crippen LogP contribution is -2.57. The van der Waals surface area contributed by atoms with Gasteiger partial charge < -0.3 is 19.5 Å². The maximum atomic E-state index is 6.23. The molecule has 1 aliphatic carbocycles. The van der Waals surface area contributed by atoms with Crippen molar-refractivity contribution >= 4 is 16.8 Å². The molecule has 2 atom stereocenters. The van der Waals surface area contributed by atoms with E-state index in [1.54, 1.807) is 0 Å². The average Bonchev–Trinajstić information content (AvgIpc) is 3.58. The van der Waals surface area contributed by atoms with Crippen LogP contribution in [0.15, 0.2) is 53.1 Å². The first-order valence-corrected chi connectivity index (χ1v) is 12.1. The molecule has 0 bridgehead atoms. The zero-order valence-corrected chi connectivity index (χ0v) is 18.6. The number of para-hydroxylation sites is 1. The van der Waals surface area contributed by atoms with Gasteiger partial charge in [-0.1, -0.05) is 29.4 Å². The summed E-state index contributed by atoms with van der Waals surface area (Å²) >= 11 is 0. The Kier molecular flexibility index (Phi) is 5.49. The van der Waals surface area contributed by atoms with Gasteiger partial charge in [0.2, 0.25) is 0 Å². The number of hydrogen-bond donors (Lipinski definition) is 1. The average molecular weight is 433 g/mol. The number of piperidine rings is 1. The van der Waals surface area contributed by atoms with Gasteiger partial charge in [0.05, 0.1) is 12.0 Å².